The predicted molar refractivity (Wildman–Crippen MR) is 133 cm³/mol. The van der Waals surface area contributed by atoms with Gasteiger partial charge in [0.05, 0.1) is 30.3 Å². The molecule has 0 bridgehead atoms. The van der Waals surface area contributed by atoms with Crippen LogP contribution in [0.25, 0.3) is 11.2 Å². The van der Waals surface area contributed by atoms with Crippen LogP contribution in [0.2, 0.25) is 5.02 Å². The fraction of sp³-hybridized carbons (Fsp3) is 0.440. The molecule has 4 heterocycles. The summed E-state index contributed by atoms with van der Waals surface area (Å²) < 4.78 is 46.3. The average Bonchev–Trinajstić information content (AvgIpc) is 3.55. The molecule has 196 valence electrons. The first-order chi connectivity index (χ1) is 17.8. The number of rotatable bonds is 7. The zero-order valence-corrected chi connectivity index (χ0v) is 21.0. The van der Waals surface area contributed by atoms with Gasteiger partial charge in [0, 0.05) is 17.7 Å². The third kappa shape index (κ3) is 5.49. The third-order valence-electron chi connectivity index (χ3n) is 6.34. The number of hydrogen-bond donors (Lipinski definition) is 3. The van der Waals surface area contributed by atoms with E-state index < -0.39 is 36.1 Å². The maximum atomic E-state index is 14.7. The van der Waals surface area contributed by atoms with E-state index in [4.69, 9.17) is 25.8 Å². The van der Waals surface area contributed by atoms with Crippen LogP contribution in [0, 0.1) is 23.5 Å². The van der Waals surface area contributed by atoms with E-state index in [0.717, 1.165) is 6.54 Å². The highest BCUT2D eigenvalue weighted by Crippen LogP contribution is 2.31. The van der Waals surface area contributed by atoms with Crippen LogP contribution >= 0.6 is 11.6 Å². The standard InChI is InChI=1S/C25H26ClF2N5O4/c1-3-33(2)6-4-5-13-7-16(27)14(17(28)8-13)10-29-23-15(26)9-18-24(31-23)32-25(30-18)37-20-12-36-21-19(34)11-35-22(20)21/h7-9,19-22,34H,3,6,10-12H2,1-2H3,(H2,29,30,31,32)/t19-,20-,21-,22-/m1/s1. The Morgan fingerprint density at radius 1 is 1.22 bits per heavy atom. The van der Waals surface area contributed by atoms with Crippen molar-refractivity contribution >= 4 is 28.6 Å². The number of aromatic amines is 1. The number of aromatic nitrogens is 3. The predicted octanol–water partition coefficient (Wildman–Crippen LogP) is 2.71. The monoisotopic (exact) mass is 533 g/mol. The highest BCUT2D eigenvalue weighted by Gasteiger charge is 2.48. The van der Waals surface area contributed by atoms with Crippen molar-refractivity contribution in [3.05, 3.63) is 46.0 Å². The van der Waals surface area contributed by atoms with E-state index in [9.17, 15) is 13.9 Å². The number of benzene rings is 1. The number of aliphatic hydroxyl groups is 1. The molecule has 0 saturated carbocycles. The van der Waals surface area contributed by atoms with Crippen LogP contribution in [0.4, 0.5) is 14.6 Å². The summed E-state index contributed by atoms with van der Waals surface area (Å²) >= 11 is 6.35. The van der Waals surface area contributed by atoms with Gasteiger partial charge in [-0.15, -0.1) is 0 Å². The van der Waals surface area contributed by atoms with Gasteiger partial charge in [0.25, 0.3) is 6.01 Å². The molecule has 37 heavy (non-hydrogen) atoms. The van der Waals surface area contributed by atoms with Gasteiger partial charge in [-0.3, -0.25) is 4.90 Å². The van der Waals surface area contributed by atoms with Crippen LogP contribution in [-0.2, 0) is 16.0 Å². The Morgan fingerprint density at radius 2 is 1.97 bits per heavy atom. The number of anilines is 1. The highest BCUT2D eigenvalue weighted by atomic mass is 35.5. The van der Waals surface area contributed by atoms with Crippen molar-refractivity contribution in [2.45, 2.75) is 37.9 Å². The van der Waals surface area contributed by atoms with Crippen molar-refractivity contribution < 1.29 is 28.1 Å². The molecule has 2 aromatic heterocycles. The van der Waals surface area contributed by atoms with E-state index >= 15 is 0 Å². The van der Waals surface area contributed by atoms with Gasteiger partial charge >= 0.3 is 0 Å². The Balaban J connectivity index is 1.27. The lowest BCUT2D eigenvalue weighted by atomic mass is 10.1. The van der Waals surface area contributed by atoms with E-state index in [1.165, 1.54) is 12.1 Å². The van der Waals surface area contributed by atoms with E-state index in [2.05, 4.69) is 32.1 Å². The van der Waals surface area contributed by atoms with Crippen LogP contribution in [0.5, 0.6) is 6.01 Å². The van der Waals surface area contributed by atoms with Crippen molar-refractivity contribution in [2.75, 3.05) is 38.7 Å². The summed E-state index contributed by atoms with van der Waals surface area (Å²) in [6.07, 6.45) is -1.95. The molecule has 0 amide bonds. The average molecular weight is 534 g/mol. The van der Waals surface area contributed by atoms with Gasteiger partial charge in [0.15, 0.2) is 11.8 Å². The van der Waals surface area contributed by atoms with Crippen molar-refractivity contribution in [1.82, 2.24) is 19.9 Å². The number of imidazole rings is 1. The molecular weight excluding hydrogens is 508 g/mol. The Hall–Kier alpha value is -3.01. The van der Waals surface area contributed by atoms with Crippen molar-refractivity contribution in [3.8, 4) is 17.9 Å². The lowest BCUT2D eigenvalue weighted by Crippen LogP contribution is -2.34. The minimum Gasteiger partial charge on any atom is -0.456 e. The molecule has 9 nitrogen and oxygen atoms in total. The largest absolute Gasteiger partial charge is 0.456 e. The van der Waals surface area contributed by atoms with Crippen LogP contribution in [0.1, 0.15) is 18.1 Å². The molecule has 0 aliphatic carbocycles. The van der Waals surface area contributed by atoms with Crippen molar-refractivity contribution in [3.63, 3.8) is 0 Å². The number of fused-ring (bicyclic) bond motifs is 2. The summed E-state index contributed by atoms with van der Waals surface area (Å²) in [6.45, 7) is 3.59. The molecule has 2 saturated heterocycles. The lowest BCUT2D eigenvalue weighted by Gasteiger charge is -2.15. The van der Waals surface area contributed by atoms with Crippen molar-refractivity contribution in [2.24, 2.45) is 0 Å². The van der Waals surface area contributed by atoms with Gasteiger partial charge in [-0.05, 0) is 31.8 Å². The van der Waals surface area contributed by atoms with Crippen LogP contribution in [-0.4, -0.2) is 82.7 Å². The molecule has 0 radical (unpaired) electrons. The minimum absolute atomic E-state index is 0.158. The third-order valence-corrected chi connectivity index (χ3v) is 6.63. The van der Waals surface area contributed by atoms with E-state index in [-0.39, 0.29) is 47.7 Å². The second-order valence-corrected chi connectivity index (χ2v) is 9.36. The van der Waals surface area contributed by atoms with Gasteiger partial charge in [-0.2, -0.15) is 4.98 Å². The normalized spacial score (nSPS) is 22.8. The Kier molecular flexibility index (Phi) is 7.46. The summed E-state index contributed by atoms with van der Waals surface area (Å²) in [5.41, 5.74) is 0.923. The maximum Gasteiger partial charge on any atom is 0.296 e. The summed E-state index contributed by atoms with van der Waals surface area (Å²) in [5.74, 6) is 4.46. The number of halogens is 3. The number of H-pyrrole nitrogens is 1. The highest BCUT2D eigenvalue weighted by molar-refractivity contribution is 6.33. The molecule has 3 N–H and O–H groups in total. The van der Waals surface area contributed by atoms with E-state index in [0.29, 0.717) is 17.7 Å². The zero-order valence-electron chi connectivity index (χ0n) is 20.2. The molecule has 2 aliphatic rings. The quantitative estimate of drug-likeness (QED) is 0.398. The molecule has 3 aromatic rings. The van der Waals surface area contributed by atoms with E-state index in [1.807, 2.05) is 18.9 Å². The van der Waals surface area contributed by atoms with Gasteiger partial charge in [0.1, 0.15) is 35.8 Å². The number of pyridine rings is 1. The van der Waals surface area contributed by atoms with Crippen LogP contribution in [0.15, 0.2) is 18.2 Å². The van der Waals surface area contributed by atoms with Gasteiger partial charge in [0.2, 0.25) is 0 Å². The molecule has 0 unspecified atom stereocenters. The second kappa shape index (κ2) is 10.8. The summed E-state index contributed by atoms with van der Waals surface area (Å²) in [5, 5.41) is 13.0. The lowest BCUT2D eigenvalue weighted by molar-refractivity contribution is 0.00706. The fourth-order valence-corrected chi connectivity index (χ4v) is 4.39. The summed E-state index contributed by atoms with van der Waals surface area (Å²) in [4.78, 5) is 13.7. The maximum absolute atomic E-state index is 14.7. The molecule has 1 aromatic carbocycles. The number of nitrogens with one attached hydrogen (secondary N) is 2. The Morgan fingerprint density at radius 3 is 2.73 bits per heavy atom. The Bertz CT molecular complexity index is 1340. The minimum atomic E-state index is -0.718. The van der Waals surface area contributed by atoms with Gasteiger partial charge in [-0.1, -0.05) is 30.4 Å². The topological polar surface area (TPSA) is 105 Å². The van der Waals surface area contributed by atoms with Gasteiger partial charge < -0.3 is 29.6 Å². The van der Waals surface area contributed by atoms with Crippen molar-refractivity contribution in [1.29, 1.82) is 0 Å². The van der Waals surface area contributed by atoms with E-state index in [1.54, 1.807) is 6.07 Å². The Labute approximate surface area is 217 Å². The first-order valence-electron chi connectivity index (χ1n) is 11.9. The molecule has 12 heteroatoms. The number of hydrogen-bond acceptors (Lipinski definition) is 8. The number of aliphatic hydroxyl groups excluding tert-OH is 1. The molecule has 0 spiro atoms. The molecule has 5 rings (SSSR count). The van der Waals surface area contributed by atoms with Crippen LogP contribution < -0.4 is 10.1 Å². The SMILES string of the molecule is CCN(C)CC#Cc1cc(F)c(CNc2nc3nc(O[C@@H]4CO[C@H]5[C@@H]4OC[C@H]5O)[nH]c3cc2Cl)c(F)c1. The fourth-order valence-electron chi connectivity index (χ4n) is 4.17. The number of nitrogens with zero attached hydrogens (tertiary/aromatic N) is 3. The van der Waals surface area contributed by atoms with Gasteiger partial charge in [-0.25, -0.2) is 13.8 Å². The second-order valence-electron chi connectivity index (χ2n) is 8.96. The summed E-state index contributed by atoms with van der Waals surface area (Å²) in [7, 11) is 1.91. The molecule has 2 fully saturated rings. The molecule has 2 aliphatic heterocycles. The number of ether oxygens (including phenoxy) is 3. The first-order valence-corrected chi connectivity index (χ1v) is 12.2. The molecule has 4 atom stereocenters. The van der Waals surface area contributed by atoms with Crippen LogP contribution in [0.3, 0.4) is 0 Å². The smallest absolute Gasteiger partial charge is 0.296 e. The zero-order chi connectivity index (χ0) is 26.1. The summed E-state index contributed by atoms with van der Waals surface area (Å²) in [6, 6.07) is 4.20. The molecular formula is C25H26ClF2N5O4. The first kappa shape index (κ1) is 25.6.